The standard InChI is InChI=1S/C16H26N4O3/c1-3-8-20-14(17)13(15(22)18-16(20)23)12(21)10-19-9-6-5-7-11(19)4-2/h11H,3-10,17H2,1-2H3,(H,18,22,23)/t11-/m0/s1. The van der Waals surface area contributed by atoms with E-state index in [2.05, 4.69) is 16.8 Å². The Morgan fingerprint density at radius 3 is 2.70 bits per heavy atom. The lowest BCUT2D eigenvalue weighted by atomic mass is 9.99. The van der Waals surface area contributed by atoms with E-state index in [0.717, 1.165) is 25.8 Å². The Kier molecular flexibility index (Phi) is 5.76. The first-order valence-electron chi connectivity index (χ1n) is 8.39. The van der Waals surface area contributed by atoms with E-state index in [1.54, 1.807) is 0 Å². The van der Waals surface area contributed by atoms with Gasteiger partial charge in [0.1, 0.15) is 11.4 Å². The van der Waals surface area contributed by atoms with Crippen molar-refractivity contribution in [2.45, 2.75) is 58.5 Å². The van der Waals surface area contributed by atoms with E-state index < -0.39 is 11.2 Å². The number of nitrogens with two attached hydrogens (primary N) is 1. The third kappa shape index (κ3) is 3.72. The van der Waals surface area contributed by atoms with Gasteiger partial charge in [-0.05, 0) is 32.2 Å². The predicted octanol–water partition coefficient (Wildman–Crippen LogP) is 0.976. The molecule has 0 amide bonds. The van der Waals surface area contributed by atoms with Crippen LogP contribution in [0.1, 0.15) is 56.3 Å². The third-order valence-electron chi connectivity index (χ3n) is 4.53. The van der Waals surface area contributed by atoms with Gasteiger partial charge in [0.15, 0.2) is 5.78 Å². The molecule has 0 saturated carbocycles. The van der Waals surface area contributed by atoms with E-state index in [4.69, 9.17) is 5.73 Å². The zero-order valence-electron chi connectivity index (χ0n) is 13.9. The lowest BCUT2D eigenvalue weighted by Gasteiger charge is -2.34. The van der Waals surface area contributed by atoms with E-state index in [1.807, 2.05) is 6.92 Å². The SMILES string of the molecule is CCCn1c(N)c(C(=O)CN2CCCC[C@@H]2CC)c(=O)[nH]c1=O. The van der Waals surface area contributed by atoms with Crippen LogP contribution in [0.15, 0.2) is 9.59 Å². The normalized spacial score (nSPS) is 19.0. The Hall–Kier alpha value is -1.89. The molecule has 0 aliphatic carbocycles. The lowest BCUT2D eigenvalue weighted by molar-refractivity contribution is 0.0837. The van der Waals surface area contributed by atoms with Crippen LogP contribution in [0.4, 0.5) is 5.82 Å². The van der Waals surface area contributed by atoms with Gasteiger partial charge in [-0.25, -0.2) is 4.79 Å². The molecule has 7 heteroatoms. The summed E-state index contributed by atoms with van der Waals surface area (Å²) in [5.41, 5.74) is 4.62. The first-order valence-corrected chi connectivity index (χ1v) is 8.39. The van der Waals surface area contributed by atoms with Crippen LogP contribution < -0.4 is 17.0 Å². The van der Waals surface area contributed by atoms with Crippen molar-refractivity contribution >= 4 is 11.6 Å². The van der Waals surface area contributed by atoms with Gasteiger partial charge in [-0.15, -0.1) is 0 Å². The van der Waals surface area contributed by atoms with E-state index >= 15 is 0 Å². The Morgan fingerprint density at radius 1 is 1.30 bits per heavy atom. The van der Waals surface area contributed by atoms with Gasteiger partial charge < -0.3 is 5.73 Å². The smallest absolute Gasteiger partial charge is 0.329 e. The van der Waals surface area contributed by atoms with Gasteiger partial charge in [-0.3, -0.25) is 24.0 Å². The number of rotatable bonds is 6. The van der Waals surface area contributed by atoms with Crippen molar-refractivity contribution in [1.29, 1.82) is 0 Å². The number of aromatic nitrogens is 2. The Morgan fingerprint density at radius 2 is 2.04 bits per heavy atom. The van der Waals surface area contributed by atoms with Crippen molar-refractivity contribution in [3.8, 4) is 0 Å². The van der Waals surface area contributed by atoms with Crippen LogP contribution >= 0.6 is 0 Å². The number of nitrogens with one attached hydrogen (secondary N) is 1. The van der Waals surface area contributed by atoms with Crippen LogP contribution in [-0.2, 0) is 6.54 Å². The lowest BCUT2D eigenvalue weighted by Crippen LogP contribution is -2.44. The van der Waals surface area contributed by atoms with Gasteiger partial charge >= 0.3 is 5.69 Å². The second-order valence-corrected chi connectivity index (χ2v) is 6.12. The van der Waals surface area contributed by atoms with Crippen LogP contribution in [0, 0.1) is 0 Å². The zero-order valence-corrected chi connectivity index (χ0v) is 13.9. The Labute approximate surface area is 135 Å². The van der Waals surface area contributed by atoms with Crippen LogP contribution in [0.5, 0.6) is 0 Å². The molecule has 1 aromatic rings. The molecule has 1 aliphatic rings. The molecule has 0 spiro atoms. The Balaban J connectivity index is 2.30. The van der Waals surface area contributed by atoms with Crippen LogP contribution in [0.2, 0.25) is 0 Å². The summed E-state index contributed by atoms with van der Waals surface area (Å²) >= 11 is 0. The molecule has 23 heavy (non-hydrogen) atoms. The number of hydrogen-bond acceptors (Lipinski definition) is 5. The fourth-order valence-electron chi connectivity index (χ4n) is 3.30. The summed E-state index contributed by atoms with van der Waals surface area (Å²) in [7, 11) is 0. The predicted molar refractivity (Wildman–Crippen MR) is 89.9 cm³/mol. The number of nitrogen functional groups attached to an aromatic ring is 1. The number of hydrogen-bond donors (Lipinski definition) is 2. The summed E-state index contributed by atoms with van der Waals surface area (Å²) in [6.45, 7) is 5.42. The van der Waals surface area contributed by atoms with Gasteiger partial charge in [-0.2, -0.15) is 0 Å². The highest BCUT2D eigenvalue weighted by Crippen LogP contribution is 2.20. The van der Waals surface area contributed by atoms with Gasteiger partial charge in [-0.1, -0.05) is 20.3 Å². The summed E-state index contributed by atoms with van der Waals surface area (Å²) in [5, 5.41) is 0. The van der Waals surface area contributed by atoms with E-state index in [1.165, 1.54) is 11.0 Å². The molecule has 0 radical (unpaired) electrons. The Bertz CT molecular complexity index is 677. The molecule has 0 aromatic carbocycles. The molecule has 1 saturated heterocycles. The largest absolute Gasteiger partial charge is 0.384 e. The maximum Gasteiger partial charge on any atom is 0.329 e. The minimum Gasteiger partial charge on any atom is -0.384 e. The first kappa shape index (κ1) is 17.5. The maximum absolute atomic E-state index is 12.6. The second kappa shape index (κ2) is 7.59. The highest BCUT2D eigenvalue weighted by molar-refractivity contribution is 6.01. The first-order chi connectivity index (χ1) is 11.0. The summed E-state index contributed by atoms with van der Waals surface area (Å²) in [5.74, 6) is -0.329. The molecule has 0 unspecified atom stereocenters. The molecule has 1 atom stereocenters. The molecule has 2 heterocycles. The fraction of sp³-hybridized carbons (Fsp3) is 0.688. The number of nitrogens with zero attached hydrogens (tertiary/aromatic N) is 2. The van der Waals surface area contributed by atoms with Crippen molar-refractivity contribution in [1.82, 2.24) is 14.5 Å². The number of aromatic amines is 1. The number of ketones is 1. The molecular formula is C16H26N4O3. The van der Waals surface area contributed by atoms with Gasteiger partial charge in [0.05, 0.1) is 6.54 Å². The van der Waals surface area contributed by atoms with E-state index in [9.17, 15) is 14.4 Å². The van der Waals surface area contributed by atoms with Gasteiger partial charge in [0.2, 0.25) is 0 Å². The van der Waals surface area contributed by atoms with Crippen LogP contribution in [0.25, 0.3) is 0 Å². The van der Waals surface area contributed by atoms with E-state index in [-0.39, 0.29) is 23.7 Å². The number of H-pyrrole nitrogens is 1. The number of likely N-dealkylation sites (tertiary alicyclic amines) is 1. The van der Waals surface area contributed by atoms with Crippen molar-refractivity contribution in [2.24, 2.45) is 0 Å². The molecule has 1 fully saturated rings. The highest BCUT2D eigenvalue weighted by Gasteiger charge is 2.26. The number of anilines is 1. The molecule has 2 rings (SSSR count). The topological polar surface area (TPSA) is 101 Å². The minimum atomic E-state index is -0.685. The van der Waals surface area contributed by atoms with Crippen molar-refractivity contribution in [3.05, 3.63) is 26.4 Å². The zero-order chi connectivity index (χ0) is 17.0. The van der Waals surface area contributed by atoms with Crippen molar-refractivity contribution < 1.29 is 4.79 Å². The van der Waals surface area contributed by atoms with Gasteiger partial charge in [0.25, 0.3) is 5.56 Å². The summed E-state index contributed by atoms with van der Waals surface area (Å²) < 4.78 is 1.27. The average molecular weight is 322 g/mol. The maximum atomic E-state index is 12.6. The van der Waals surface area contributed by atoms with Gasteiger partial charge in [0, 0.05) is 12.6 Å². The third-order valence-corrected chi connectivity index (χ3v) is 4.53. The minimum absolute atomic E-state index is 0.0179. The second-order valence-electron chi connectivity index (χ2n) is 6.12. The molecule has 3 N–H and O–H groups in total. The van der Waals surface area contributed by atoms with Crippen LogP contribution in [0.3, 0.4) is 0 Å². The molecule has 128 valence electrons. The number of carbonyl (C=O) groups excluding carboxylic acids is 1. The fourth-order valence-corrected chi connectivity index (χ4v) is 3.30. The van der Waals surface area contributed by atoms with Crippen LogP contribution in [-0.4, -0.2) is 39.4 Å². The highest BCUT2D eigenvalue weighted by atomic mass is 16.2. The van der Waals surface area contributed by atoms with Crippen molar-refractivity contribution in [3.63, 3.8) is 0 Å². The summed E-state index contributed by atoms with van der Waals surface area (Å²) in [6, 6.07) is 0.370. The van der Waals surface area contributed by atoms with E-state index in [0.29, 0.717) is 19.0 Å². The van der Waals surface area contributed by atoms with Crippen molar-refractivity contribution in [2.75, 3.05) is 18.8 Å². The molecule has 1 aromatic heterocycles. The number of carbonyl (C=O) groups is 1. The number of Topliss-reactive ketones (excluding diaryl/α,β-unsaturated/α-hetero) is 1. The summed E-state index contributed by atoms with van der Waals surface area (Å²) in [6.07, 6.45) is 4.98. The molecular weight excluding hydrogens is 296 g/mol. The quantitative estimate of drug-likeness (QED) is 0.760. The molecule has 1 aliphatic heterocycles. The molecule has 0 bridgehead atoms. The monoisotopic (exact) mass is 322 g/mol. The summed E-state index contributed by atoms with van der Waals surface area (Å²) in [4.78, 5) is 40.8. The number of piperidine rings is 1. The molecule has 7 nitrogen and oxygen atoms in total. The average Bonchev–Trinajstić information content (AvgIpc) is 2.51.